The highest BCUT2D eigenvalue weighted by Crippen LogP contribution is 2.39. The van der Waals surface area contributed by atoms with Crippen LogP contribution in [0.5, 0.6) is 0 Å². The van der Waals surface area contributed by atoms with Crippen molar-refractivity contribution in [2.75, 3.05) is 13.6 Å². The maximum atomic E-state index is 2.60. The summed E-state index contributed by atoms with van der Waals surface area (Å²) in [6, 6.07) is 0. The van der Waals surface area contributed by atoms with E-state index in [1.165, 1.54) is 45.1 Å². The van der Waals surface area contributed by atoms with Crippen LogP contribution in [0, 0.1) is 5.92 Å². The van der Waals surface area contributed by atoms with Gasteiger partial charge in [-0.15, -0.1) is 0 Å². The maximum Gasteiger partial charge on any atom is 0.0181 e. The van der Waals surface area contributed by atoms with Crippen LogP contribution in [0.1, 0.15) is 87.0 Å². The fourth-order valence-electron chi connectivity index (χ4n) is 2.70. The van der Waals surface area contributed by atoms with Gasteiger partial charge in [0, 0.05) is 5.54 Å². The van der Waals surface area contributed by atoms with Crippen LogP contribution in [0.15, 0.2) is 0 Å². The molecule has 0 heterocycles. The van der Waals surface area contributed by atoms with Crippen LogP contribution in [-0.4, -0.2) is 24.0 Å². The van der Waals surface area contributed by atoms with Gasteiger partial charge in [0.2, 0.25) is 0 Å². The number of hydrogen-bond acceptors (Lipinski definition) is 1. The van der Waals surface area contributed by atoms with E-state index in [1.807, 2.05) is 27.7 Å². The zero-order valence-electron chi connectivity index (χ0n) is 14.5. The standard InChI is InChI=1S/C13H27N.2C2H6/c1-5-7-10-14(4)13(3)9-8-12(6-2)11-13;2*1-2/h12H,5-11H2,1-4H3;2*1-2H3. The Morgan fingerprint density at radius 3 is 2.06 bits per heavy atom. The smallest absolute Gasteiger partial charge is 0.0181 e. The summed E-state index contributed by atoms with van der Waals surface area (Å²) in [4.78, 5) is 2.60. The lowest BCUT2D eigenvalue weighted by molar-refractivity contribution is 0.136. The minimum Gasteiger partial charge on any atom is -0.301 e. The molecular weight excluding hydrogens is 218 g/mol. The van der Waals surface area contributed by atoms with Gasteiger partial charge in [0.05, 0.1) is 0 Å². The minimum atomic E-state index is 0.510. The van der Waals surface area contributed by atoms with Gasteiger partial charge >= 0.3 is 0 Å². The predicted molar refractivity (Wildman–Crippen MR) is 86.3 cm³/mol. The van der Waals surface area contributed by atoms with Gasteiger partial charge in [0.15, 0.2) is 0 Å². The van der Waals surface area contributed by atoms with Crippen molar-refractivity contribution in [2.45, 2.75) is 92.5 Å². The van der Waals surface area contributed by atoms with Crippen molar-refractivity contribution in [3.63, 3.8) is 0 Å². The summed E-state index contributed by atoms with van der Waals surface area (Å²) in [7, 11) is 2.31. The third-order valence-corrected chi connectivity index (χ3v) is 4.17. The van der Waals surface area contributed by atoms with E-state index in [1.54, 1.807) is 0 Å². The molecule has 0 radical (unpaired) electrons. The van der Waals surface area contributed by atoms with Crippen LogP contribution in [0.2, 0.25) is 0 Å². The highest BCUT2D eigenvalue weighted by Gasteiger charge is 2.36. The molecule has 112 valence electrons. The van der Waals surface area contributed by atoms with Crippen molar-refractivity contribution in [3.8, 4) is 0 Å². The van der Waals surface area contributed by atoms with Crippen LogP contribution in [0.3, 0.4) is 0 Å². The number of rotatable bonds is 5. The monoisotopic (exact) mass is 257 g/mol. The normalized spacial score (nSPS) is 26.2. The topological polar surface area (TPSA) is 3.24 Å². The Bertz CT molecular complexity index is 167. The Labute approximate surface area is 117 Å². The Morgan fingerprint density at radius 2 is 1.67 bits per heavy atom. The molecule has 2 unspecified atom stereocenters. The average Bonchev–Trinajstić information content (AvgIpc) is 2.83. The van der Waals surface area contributed by atoms with Crippen LogP contribution in [0.4, 0.5) is 0 Å². The van der Waals surface area contributed by atoms with Gasteiger partial charge in [-0.25, -0.2) is 0 Å². The summed E-state index contributed by atoms with van der Waals surface area (Å²) >= 11 is 0. The molecule has 0 aliphatic heterocycles. The molecule has 1 fully saturated rings. The van der Waals surface area contributed by atoms with E-state index in [0.29, 0.717) is 5.54 Å². The first-order valence-corrected chi connectivity index (χ1v) is 8.33. The summed E-state index contributed by atoms with van der Waals surface area (Å²) in [6.07, 6.45) is 8.32. The second-order valence-electron chi connectivity index (χ2n) is 5.29. The van der Waals surface area contributed by atoms with Gasteiger partial charge in [0.25, 0.3) is 0 Å². The van der Waals surface area contributed by atoms with Gasteiger partial charge < -0.3 is 4.90 Å². The molecule has 0 spiro atoms. The first kappa shape index (κ1) is 20.3. The average molecular weight is 258 g/mol. The van der Waals surface area contributed by atoms with Crippen LogP contribution < -0.4 is 0 Å². The molecule has 0 aromatic rings. The van der Waals surface area contributed by atoms with Gasteiger partial charge in [-0.3, -0.25) is 0 Å². The minimum absolute atomic E-state index is 0.510. The van der Waals surface area contributed by atoms with Crippen molar-refractivity contribution in [1.82, 2.24) is 4.90 Å². The number of unbranched alkanes of at least 4 members (excludes halogenated alkanes) is 1. The fourth-order valence-corrected chi connectivity index (χ4v) is 2.70. The van der Waals surface area contributed by atoms with Gasteiger partial charge in [-0.2, -0.15) is 0 Å². The van der Waals surface area contributed by atoms with Crippen molar-refractivity contribution in [1.29, 1.82) is 0 Å². The van der Waals surface area contributed by atoms with Crippen molar-refractivity contribution in [3.05, 3.63) is 0 Å². The lowest BCUT2D eigenvalue weighted by Gasteiger charge is -2.36. The quantitative estimate of drug-likeness (QED) is 0.607. The van der Waals surface area contributed by atoms with E-state index in [4.69, 9.17) is 0 Å². The summed E-state index contributed by atoms with van der Waals surface area (Å²) in [6.45, 7) is 16.4. The molecule has 18 heavy (non-hydrogen) atoms. The van der Waals surface area contributed by atoms with E-state index in [2.05, 4.69) is 32.7 Å². The molecule has 0 N–H and O–H groups in total. The highest BCUT2D eigenvalue weighted by atomic mass is 15.2. The molecule has 1 rings (SSSR count). The SMILES string of the molecule is CC.CC.CCCCN(C)C1(C)CCC(CC)C1. The van der Waals surface area contributed by atoms with Gasteiger partial charge in [-0.05, 0) is 52.1 Å². The van der Waals surface area contributed by atoms with E-state index >= 15 is 0 Å². The molecule has 0 aromatic carbocycles. The van der Waals surface area contributed by atoms with E-state index in [-0.39, 0.29) is 0 Å². The highest BCUT2D eigenvalue weighted by molar-refractivity contribution is 4.92. The second-order valence-corrected chi connectivity index (χ2v) is 5.29. The zero-order valence-corrected chi connectivity index (χ0v) is 14.5. The first-order valence-electron chi connectivity index (χ1n) is 8.33. The van der Waals surface area contributed by atoms with Crippen molar-refractivity contribution in [2.24, 2.45) is 5.92 Å². The number of hydrogen-bond donors (Lipinski definition) is 0. The Morgan fingerprint density at radius 1 is 1.11 bits per heavy atom. The maximum absolute atomic E-state index is 2.60. The lowest BCUT2D eigenvalue weighted by Crippen LogP contribution is -2.42. The molecule has 2 atom stereocenters. The largest absolute Gasteiger partial charge is 0.301 e. The molecule has 1 saturated carbocycles. The van der Waals surface area contributed by atoms with Gasteiger partial charge in [0.1, 0.15) is 0 Å². The molecular formula is C17H39N. The first-order chi connectivity index (χ1) is 8.62. The molecule has 0 bridgehead atoms. The zero-order chi connectivity index (χ0) is 14.6. The third-order valence-electron chi connectivity index (χ3n) is 4.17. The van der Waals surface area contributed by atoms with Gasteiger partial charge in [-0.1, -0.05) is 54.4 Å². The molecule has 0 saturated heterocycles. The van der Waals surface area contributed by atoms with E-state index in [0.717, 1.165) is 5.92 Å². The fraction of sp³-hybridized carbons (Fsp3) is 1.00. The second kappa shape index (κ2) is 12.0. The molecule has 1 aliphatic carbocycles. The number of nitrogens with zero attached hydrogens (tertiary/aromatic N) is 1. The van der Waals surface area contributed by atoms with Crippen molar-refractivity contribution >= 4 is 0 Å². The molecule has 0 aromatic heterocycles. The Balaban J connectivity index is 0. The molecule has 1 nitrogen and oxygen atoms in total. The van der Waals surface area contributed by atoms with Crippen molar-refractivity contribution < 1.29 is 0 Å². The molecule has 1 aliphatic rings. The van der Waals surface area contributed by atoms with E-state index in [9.17, 15) is 0 Å². The van der Waals surface area contributed by atoms with Crippen LogP contribution in [-0.2, 0) is 0 Å². The van der Waals surface area contributed by atoms with Crippen LogP contribution in [0.25, 0.3) is 0 Å². The summed E-state index contributed by atoms with van der Waals surface area (Å²) < 4.78 is 0. The molecule has 0 amide bonds. The lowest BCUT2D eigenvalue weighted by atomic mass is 9.95. The summed E-state index contributed by atoms with van der Waals surface area (Å²) in [5.41, 5.74) is 0.510. The summed E-state index contributed by atoms with van der Waals surface area (Å²) in [5, 5.41) is 0. The van der Waals surface area contributed by atoms with Crippen LogP contribution >= 0.6 is 0 Å². The molecule has 1 heteroatoms. The summed E-state index contributed by atoms with van der Waals surface area (Å²) in [5.74, 6) is 0.990. The Hall–Kier alpha value is -0.0400. The Kier molecular flexibility index (Phi) is 13.5. The predicted octanol–water partition coefficient (Wildman–Crippen LogP) is 5.74. The third kappa shape index (κ3) is 6.78. The van der Waals surface area contributed by atoms with E-state index < -0.39 is 0 Å².